The Kier molecular flexibility index (Phi) is 7.16. The molecular formula is C23H22N4O4S2. The number of rotatable bonds is 4. The number of hydrogen-bond donors (Lipinski definition) is 2. The van der Waals surface area contributed by atoms with Gasteiger partial charge >= 0.3 is 6.09 Å². The largest absolute Gasteiger partial charge is 0.444 e. The Hall–Kier alpha value is -3.68. The predicted molar refractivity (Wildman–Crippen MR) is 130 cm³/mol. The minimum atomic E-state index is -3.01. The summed E-state index contributed by atoms with van der Waals surface area (Å²) in [5, 5.41) is 2.91. The van der Waals surface area contributed by atoms with E-state index < -0.39 is 27.3 Å². The first-order valence-electron chi connectivity index (χ1n) is 9.69. The zero-order valence-corrected chi connectivity index (χ0v) is 19.9. The summed E-state index contributed by atoms with van der Waals surface area (Å²) in [5.41, 5.74) is 0.0647. The van der Waals surface area contributed by atoms with Crippen LogP contribution in [0.4, 0.5) is 9.93 Å². The number of pyridine rings is 1. The molecule has 33 heavy (non-hydrogen) atoms. The van der Waals surface area contributed by atoms with E-state index in [2.05, 4.69) is 37.7 Å². The van der Waals surface area contributed by atoms with Gasteiger partial charge in [0.05, 0.1) is 26.3 Å². The van der Waals surface area contributed by atoms with E-state index in [1.807, 2.05) is 0 Å². The van der Waals surface area contributed by atoms with Gasteiger partial charge in [-0.2, -0.15) is 0 Å². The average molecular weight is 483 g/mol. The Morgan fingerprint density at radius 2 is 1.85 bits per heavy atom. The van der Waals surface area contributed by atoms with Crippen LogP contribution in [0.2, 0.25) is 0 Å². The van der Waals surface area contributed by atoms with Crippen LogP contribution in [-0.2, 0) is 14.4 Å². The van der Waals surface area contributed by atoms with Gasteiger partial charge in [-0.3, -0.25) is 19.8 Å². The number of nitrogens with zero attached hydrogens (tertiary/aromatic N) is 2. The van der Waals surface area contributed by atoms with Gasteiger partial charge in [0.25, 0.3) is 5.91 Å². The number of ether oxygens (including phenoxy) is 1. The molecule has 2 amide bonds. The van der Waals surface area contributed by atoms with Gasteiger partial charge < -0.3 is 4.74 Å². The summed E-state index contributed by atoms with van der Waals surface area (Å²) < 4.78 is 20.4. The lowest BCUT2D eigenvalue weighted by Crippen LogP contribution is -2.30. The summed E-state index contributed by atoms with van der Waals surface area (Å²) in [6.45, 7) is 5.31. The van der Waals surface area contributed by atoms with Crippen molar-refractivity contribution in [2.75, 3.05) is 5.32 Å². The summed E-state index contributed by atoms with van der Waals surface area (Å²) in [4.78, 5) is 33.6. The summed E-state index contributed by atoms with van der Waals surface area (Å²) in [7, 11) is -3.01. The molecule has 0 fully saturated rings. The average Bonchev–Trinajstić information content (AvgIpc) is 3.18. The van der Waals surface area contributed by atoms with Crippen molar-refractivity contribution in [2.45, 2.75) is 31.3 Å². The molecule has 2 N–H and O–H groups in total. The maximum atomic E-state index is 12.8. The number of anilines is 1. The normalized spacial score (nSPS) is 12.6. The monoisotopic (exact) mass is 482 g/mol. The topological polar surface area (TPSA) is 110 Å². The molecule has 3 rings (SSSR count). The van der Waals surface area contributed by atoms with Crippen LogP contribution in [0, 0.1) is 11.8 Å². The molecule has 2 aromatic heterocycles. The molecule has 10 heteroatoms. The molecule has 2 heterocycles. The second-order valence-electron chi connectivity index (χ2n) is 7.79. The predicted octanol–water partition coefficient (Wildman–Crippen LogP) is 3.71. The Morgan fingerprint density at radius 3 is 2.55 bits per heavy atom. The van der Waals surface area contributed by atoms with Crippen LogP contribution in [-0.4, -0.2) is 37.6 Å². The first-order valence-corrected chi connectivity index (χ1v) is 12.2. The van der Waals surface area contributed by atoms with Crippen molar-refractivity contribution in [1.29, 1.82) is 0 Å². The minimum absolute atomic E-state index is 0.200. The zero-order valence-electron chi connectivity index (χ0n) is 18.2. The summed E-state index contributed by atoms with van der Waals surface area (Å²) in [6, 6.07) is 10.0. The van der Waals surface area contributed by atoms with Crippen LogP contribution in [0.25, 0.3) is 0 Å². The molecule has 0 saturated heterocycles. The standard InChI is InChI=1S/C23H22N4O4S2/c1-23(2,3)31-22(29)26-21-25-15-18(32-21)11-10-16-12-17(14-24-13-16)20(28)27-33(4,30)19-8-6-5-7-9-19/h5-9,12-15H,4H2,1-3H3,(H,25,26,29)(H,27,28,30). The number of hydrogen-bond acceptors (Lipinski definition) is 7. The number of benzene rings is 1. The van der Waals surface area contributed by atoms with E-state index in [4.69, 9.17) is 4.74 Å². The molecule has 0 spiro atoms. The highest BCUT2D eigenvalue weighted by molar-refractivity contribution is 7.99. The van der Waals surface area contributed by atoms with Crippen molar-refractivity contribution >= 4 is 44.0 Å². The van der Waals surface area contributed by atoms with E-state index in [-0.39, 0.29) is 5.56 Å². The van der Waals surface area contributed by atoms with Crippen molar-refractivity contribution in [3.63, 3.8) is 0 Å². The first kappa shape index (κ1) is 24.0. The lowest BCUT2D eigenvalue weighted by atomic mass is 10.2. The number of nitrogens with one attached hydrogen (secondary N) is 2. The van der Waals surface area contributed by atoms with Crippen LogP contribution < -0.4 is 10.0 Å². The molecule has 1 unspecified atom stereocenters. The highest BCUT2D eigenvalue weighted by atomic mass is 32.2. The first-order chi connectivity index (χ1) is 15.5. The Morgan fingerprint density at radius 1 is 1.12 bits per heavy atom. The van der Waals surface area contributed by atoms with E-state index in [0.29, 0.717) is 20.5 Å². The van der Waals surface area contributed by atoms with Gasteiger partial charge in [-0.15, -0.1) is 0 Å². The van der Waals surface area contributed by atoms with Gasteiger partial charge in [-0.25, -0.2) is 14.0 Å². The van der Waals surface area contributed by atoms with Crippen LogP contribution in [0.15, 0.2) is 59.9 Å². The maximum Gasteiger partial charge on any atom is 0.413 e. The zero-order chi connectivity index (χ0) is 24.1. The third-order valence-electron chi connectivity index (χ3n) is 3.83. The third-order valence-corrected chi connectivity index (χ3v) is 6.20. The number of amides is 2. The molecule has 0 radical (unpaired) electrons. The molecule has 1 atom stereocenters. The van der Waals surface area contributed by atoms with Crippen molar-refractivity contribution in [3.8, 4) is 11.8 Å². The summed E-state index contributed by atoms with van der Waals surface area (Å²) in [5.74, 6) is 8.90. The number of carbonyl (C=O) groups is 2. The van der Waals surface area contributed by atoms with E-state index >= 15 is 0 Å². The molecule has 0 aliphatic carbocycles. The molecular weight excluding hydrogens is 460 g/mol. The Bertz CT molecular complexity index is 1330. The Balaban J connectivity index is 1.69. The number of thiazole rings is 1. The van der Waals surface area contributed by atoms with Crippen LogP contribution in [0.3, 0.4) is 0 Å². The van der Waals surface area contributed by atoms with E-state index in [0.717, 1.165) is 0 Å². The van der Waals surface area contributed by atoms with Gasteiger partial charge in [0.1, 0.15) is 5.60 Å². The van der Waals surface area contributed by atoms with Crippen molar-refractivity contribution in [2.24, 2.45) is 0 Å². The van der Waals surface area contributed by atoms with Gasteiger partial charge in [-0.1, -0.05) is 35.5 Å². The van der Waals surface area contributed by atoms with E-state index in [9.17, 15) is 13.8 Å². The molecule has 0 bridgehead atoms. The van der Waals surface area contributed by atoms with E-state index in [1.54, 1.807) is 51.1 Å². The van der Waals surface area contributed by atoms with Gasteiger partial charge in [0.15, 0.2) is 5.13 Å². The number of aromatic nitrogens is 2. The third kappa shape index (κ3) is 7.17. The smallest absolute Gasteiger partial charge is 0.413 e. The van der Waals surface area contributed by atoms with Gasteiger partial charge in [-0.05, 0) is 50.8 Å². The van der Waals surface area contributed by atoms with Crippen LogP contribution in [0.5, 0.6) is 0 Å². The fraction of sp³-hybridized carbons (Fsp3) is 0.174. The molecule has 0 saturated carbocycles. The van der Waals surface area contributed by atoms with Gasteiger partial charge in [0, 0.05) is 22.9 Å². The van der Waals surface area contributed by atoms with Crippen molar-refractivity contribution in [1.82, 2.24) is 14.7 Å². The minimum Gasteiger partial charge on any atom is -0.444 e. The molecule has 3 aromatic rings. The molecule has 0 aliphatic rings. The lowest BCUT2D eigenvalue weighted by Gasteiger charge is -2.18. The van der Waals surface area contributed by atoms with Crippen molar-refractivity contribution in [3.05, 3.63) is 71.0 Å². The molecule has 8 nitrogen and oxygen atoms in total. The van der Waals surface area contributed by atoms with Crippen LogP contribution in [0.1, 0.15) is 41.6 Å². The second-order valence-corrected chi connectivity index (χ2v) is 10.8. The van der Waals surface area contributed by atoms with Crippen molar-refractivity contribution < 1.29 is 18.5 Å². The SMILES string of the molecule is C=S(=O)(NC(=O)c1cncc(C#Cc2cnc(NC(=O)OC(C)(C)C)s2)c1)c1ccccc1. The molecule has 1 aromatic carbocycles. The second kappa shape index (κ2) is 9.85. The quantitative estimate of drug-likeness (QED) is 0.433. The molecule has 170 valence electrons. The van der Waals surface area contributed by atoms with Gasteiger partial charge in [0.2, 0.25) is 0 Å². The fourth-order valence-corrected chi connectivity index (χ4v) is 4.24. The fourth-order valence-electron chi connectivity index (χ4n) is 2.45. The summed E-state index contributed by atoms with van der Waals surface area (Å²) >= 11 is 1.18. The molecule has 0 aliphatic heterocycles. The Labute approximate surface area is 196 Å². The van der Waals surface area contributed by atoms with E-state index in [1.165, 1.54) is 36.0 Å². The number of carbonyl (C=O) groups excluding carboxylic acids is 2. The lowest BCUT2D eigenvalue weighted by molar-refractivity contribution is 0.0635. The highest BCUT2D eigenvalue weighted by Gasteiger charge is 2.17. The summed E-state index contributed by atoms with van der Waals surface area (Å²) in [6.07, 6.45) is 3.78. The highest BCUT2D eigenvalue weighted by Crippen LogP contribution is 2.18. The van der Waals surface area contributed by atoms with Crippen LogP contribution >= 0.6 is 11.3 Å². The maximum absolute atomic E-state index is 12.8.